The summed E-state index contributed by atoms with van der Waals surface area (Å²) < 4.78 is 21.2. The number of ether oxygens (including phenoxy) is 4. The SMILES string of the molecule is CCOc1c(Cl)cc(/C=N\NC(=O)c2ccc3c(c2)OCO3)cc1OC. The van der Waals surface area contributed by atoms with E-state index in [9.17, 15) is 4.79 Å². The summed E-state index contributed by atoms with van der Waals surface area (Å²) in [7, 11) is 1.52. The van der Waals surface area contributed by atoms with Gasteiger partial charge in [-0.3, -0.25) is 4.79 Å². The lowest BCUT2D eigenvalue weighted by atomic mass is 10.2. The number of hydrogen-bond acceptors (Lipinski definition) is 6. The number of nitrogens with zero attached hydrogens (tertiary/aromatic N) is 1. The van der Waals surface area contributed by atoms with Gasteiger partial charge in [0.15, 0.2) is 23.0 Å². The van der Waals surface area contributed by atoms with Crippen LogP contribution >= 0.6 is 11.6 Å². The molecule has 0 bridgehead atoms. The van der Waals surface area contributed by atoms with Crippen molar-refractivity contribution in [3.8, 4) is 23.0 Å². The van der Waals surface area contributed by atoms with Gasteiger partial charge < -0.3 is 18.9 Å². The van der Waals surface area contributed by atoms with E-state index in [1.807, 2.05) is 6.92 Å². The first-order chi connectivity index (χ1) is 12.6. The predicted molar refractivity (Wildman–Crippen MR) is 96.8 cm³/mol. The van der Waals surface area contributed by atoms with Crippen LogP contribution in [0.5, 0.6) is 23.0 Å². The monoisotopic (exact) mass is 376 g/mol. The lowest BCUT2D eigenvalue weighted by Crippen LogP contribution is -2.17. The van der Waals surface area contributed by atoms with Crippen LogP contribution in [0.15, 0.2) is 35.4 Å². The van der Waals surface area contributed by atoms with E-state index in [1.54, 1.807) is 30.3 Å². The van der Waals surface area contributed by atoms with E-state index in [-0.39, 0.29) is 12.7 Å². The number of benzene rings is 2. The van der Waals surface area contributed by atoms with Gasteiger partial charge in [0.25, 0.3) is 5.91 Å². The van der Waals surface area contributed by atoms with Gasteiger partial charge in [-0.15, -0.1) is 0 Å². The largest absolute Gasteiger partial charge is 0.493 e. The molecule has 0 fully saturated rings. The van der Waals surface area contributed by atoms with Crippen LogP contribution < -0.4 is 24.4 Å². The highest BCUT2D eigenvalue weighted by Gasteiger charge is 2.16. The maximum Gasteiger partial charge on any atom is 0.271 e. The van der Waals surface area contributed by atoms with Crippen LogP contribution in [0, 0.1) is 0 Å². The third-order valence-electron chi connectivity index (χ3n) is 3.55. The predicted octanol–water partition coefficient (Wildman–Crippen LogP) is 3.24. The van der Waals surface area contributed by atoms with Crippen molar-refractivity contribution >= 4 is 23.7 Å². The quantitative estimate of drug-likeness (QED) is 0.618. The normalized spacial score (nSPS) is 12.3. The molecule has 1 amide bonds. The molecule has 136 valence electrons. The number of amides is 1. The van der Waals surface area contributed by atoms with Crippen molar-refractivity contribution in [2.24, 2.45) is 5.10 Å². The van der Waals surface area contributed by atoms with Crippen LogP contribution in [0.3, 0.4) is 0 Å². The molecule has 0 saturated heterocycles. The van der Waals surface area contributed by atoms with E-state index in [1.165, 1.54) is 13.3 Å². The number of nitrogens with one attached hydrogen (secondary N) is 1. The van der Waals surface area contributed by atoms with E-state index in [4.69, 9.17) is 30.5 Å². The highest BCUT2D eigenvalue weighted by atomic mass is 35.5. The van der Waals surface area contributed by atoms with Crippen molar-refractivity contribution in [3.05, 3.63) is 46.5 Å². The summed E-state index contributed by atoms with van der Waals surface area (Å²) in [6.45, 7) is 2.48. The summed E-state index contributed by atoms with van der Waals surface area (Å²) in [5, 5.41) is 4.35. The molecule has 0 spiro atoms. The summed E-state index contributed by atoms with van der Waals surface area (Å²) >= 11 is 6.20. The molecule has 0 unspecified atom stereocenters. The molecule has 1 N–H and O–H groups in total. The minimum absolute atomic E-state index is 0.152. The summed E-state index contributed by atoms with van der Waals surface area (Å²) in [6, 6.07) is 8.30. The number of halogens is 1. The number of methoxy groups -OCH3 is 1. The van der Waals surface area contributed by atoms with Gasteiger partial charge in [0.1, 0.15) is 0 Å². The van der Waals surface area contributed by atoms with E-state index in [0.717, 1.165) is 0 Å². The second-order valence-electron chi connectivity index (χ2n) is 5.23. The fourth-order valence-corrected chi connectivity index (χ4v) is 2.64. The molecule has 7 nitrogen and oxygen atoms in total. The first-order valence-electron chi connectivity index (χ1n) is 7.85. The van der Waals surface area contributed by atoms with Gasteiger partial charge in [0.2, 0.25) is 6.79 Å². The topological polar surface area (TPSA) is 78.4 Å². The lowest BCUT2D eigenvalue weighted by Gasteiger charge is -2.11. The smallest absolute Gasteiger partial charge is 0.271 e. The molecule has 3 rings (SSSR count). The first kappa shape index (κ1) is 17.9. The minimum atomic E-state index is -0.372. The fourth-order valence-electron chi connectivity index (χ4n) is 2.37. The molecule has 0 radical (unpaired) electrons. The molecule has 1 aliphatic rings. The van der Waals surface area contributed by atoms with Crippen molar-refractivity contribution in [3.63, 3.8) is 0 Å². The zero-order valence-corrected chi connectivity index (χ0v) is 15.0. The van der Waals surface area contributed by atoms with Crippen molar-refractivity contribution in [1.82, 2.24) is 5.43 Å². The molecular weight excluding hydrogens is 360 g/mol. The van der Waals surface area contributed by atoms with Gasteiger partial charge in [0.05, 0.1) is 25.0 Å². The highest BCUT2D eigenvalue weighted by Crippen LogP contribution is 2.36. The molecular formula is C18H17ClN2O5. The number of carbonyl (C=O) groups excluding carboxylic acids is 1. The molecule has 0 aliphatic carbocycles. The highest BCUT2D eigenvalue weighted by molar-refractivity contribution is 6.32. The Morgan fingerprint density at radius 3 is 2.88 bits per heavy atom. The minimum Gasteiger partial charge on any atom is -0.493 e. The van der Waals surface area contributed by atoms with Crippen LogP contribution in [0.2, 0.25) is 5.02 Å². The molecule has 8 heteroatoms. The molecule has 2 aromatic rings. The third-order valence-corrected chi connectivity index (χ3v) is 3.84. The first-order valence-corrected chi connectivity index (χ1v) is 8.23. The average Bonchev–Trinajstić information content (AvgIpc) is 3.11. The van der Waals surface area contributed by atoms with Gasteiger partial charge in [-0.1, -0.05) is 11.6 Å². The van der Waals surface area contributed by atoms with Crippen LogP contribution in [-0.4, -0.2) is 32.6 Å². The van der Waals surface area contributed by atoms with E-state index in [0.29, 0.717) is 45.8 Å². The molecule has 1 aliphatic heterocycles. The van der Waals surface area contributed by atoms with Crippen molar-refractivity contribution in [2.75, 3.05) is 20.5 Å². The van der Waals surface area contributed by atoms with Gasteiger partial charge in [-0.2, -0.15) is 5.10 Å². The van der Waals surface area contributed by atoms with Crippen LogP contribution in [0.1, 0.15) is 22.8 Å². The molecule has 0 saturated carbocycles. The Morgan fingerprint density at radius 2 is 2.12 bits per heavy atom. The molecule has 0 atom stereocenters. The van der Waals surface area contributed by atoms with Gasteiger partial charge in [-0.25, -0.2) is 5.43 Å². The zero-order valence-electron chi connectivity index (χ0n) is 14.2. The summed E-state index contributed by atoms with van der Waals surface area (Å²) in [5.74, 6) is 1.73. The van der Waals surface area contributed by atoms with Crippen LogP contribution in [0.25, 0.3) is 0 Å². The zero-order chi connectivity index (χ0) is 18.5. The van der Waals surface area contributed by atoms with Crippen molar-refractivity contribution < 1.29 is 23.7 Å². The van der Waals surface area contributed by atoms with E-state index in [2.05, 4.69) is 10.5 Å². The number of hydrogen-bond donors (Lipinski definition) is 1. The number of fused-ring (bicyclic) bond motifs is 1. The van der Waals surface area contributed by atoms with E-state index >= 15 is 0 Å². The van der Waals surface area contributed by atoms with Crippen LogP contribution in [0.4, 0.5) is 0 Å². The summed E-state index contributed by atoms with van der Waals surface area (Å²) in [5.41, 5.74) is 3.52. The standard InChI is InChI=1S/C18H17ClN2O5/c1-3-24-17-13(19)6-11(7-16(17)23-2)9-20-21-18(22)12-4-5-14-15(8-12)26-10-25-14/h4-9H,3,10H2,1-2H3,(H,21,22)/b20-9-. The number of carbonyl (C=O) groups is 1. The van der Waals surface area contributed by atoms with Crippen LogP contribution in [-0.2, 0) is 0 Å². The average molecular weight is 377 g/mol. The summed E-state index contributed by atoms with van der Waals surface area (Å²) in [6.07, 6.45) is 1.47. The Balaban J connectivity index is 1.70. The molecule has 2 aromatic carbocycles. The second kappa shape index (κ2) is 7.97. The number of hydrazone groups is 1. The lowest BCUT2D eigenvalue weighted by molar-refractivity contribution is 0.0954. The van der Waals surface area contributed by atoms with Crippen molar-refractivity contribution in [1.29, 1.82) is 0 Å². The molecule has 1 heterocycles. The summed E-state index contributed by atoms with van der Waals surface area (Å²) in [4.78, 5) is 12.2. The maximum absolute atomic E-state index is 12.2. The van der Waals surface area contributed by atoms with E-state index < -0.39 is 0 Å². The molecule has 26 heavy (non-hydrogen) atoms. The Morgan fingerprint density at radius 1 is 1.31 bits per heavy atom. The Hall–Kier alpha value is -2.93. The maximum atomic E-state index is 12.2. The Bertz CT molecular complexity index is 854. The van der Waals surface area contributed by atoms with Crippen molar-refractivity contribution in [2.45, 2.75) is 6.92 Å². The Kier molecular flexibility index (Phi) is 5.48. The third kappa shape index (κ3) is 3.83. The second-order valence-corrected chi connectivity index (χ2v) is 5.64. The molecule has 0 aromatic heterocycles. The Labute approximate surface area is 155 Å². The number of rotatable bonds is 6. The van der Waals surface area contributed by atoms with Gasteiger partial charge >= 0.3 is 0 Å². The fraction of sp³-hybridized carbons (Fsp3) is 0.222. The van der Waals surface area contributed by atoms with Gasteiger partial charge in [-0.05, 0) is 42.8 Å². The van der Waals surface area contributed by atoms with Gasteiger partial charge in [0, 0.05) is 5.56 Å².